The number of aromatic hydroxyl groups is 1. The van der Waals surface area contributed by atoms with Crippen molar-refractivity contribution in [1.82, 2.24) is 0 Å². The second-order valence-corrected chi connectivity index (χ2v) is 4.14. The van der Waals surface area contributed by atoms with Gasteiger partial charge in [0.25, 0.3) is 0 Å². The molecule has 1 aromatic carbocycles. The second kappa shape index (κ2) is 6.93. The van der Waals surface area contributed by atoms with Crippen molar-refractivity contribution >= 4 is 5.97 Å². The molecule has 3 nitrogen and oxygen atoms in total. The van der Waals surface area contributed by atoms with Gasteiger partial charge in [-0.1, -0.05) is 6.07 Å². The second-order valence-electron chi connectivity index (χ2n) is 4.14. The molecule has 0 fully saturated rings. The van der Waals surface area contributed by atoms with E-state index < -0.39 is 18.8 Å². The summed E-state index contributed by atoms with van der Waals surface area (Å²) in [5.74, 6) is -0.874. The fourth-order valence-corrected chi connectivity index (χ4v) is 1.72. The van der Waals surface area contributed by atoms with Gasteiger partial charge in [0.15, 0.2) is 0 Å². The Hall–Kier alpha value is -1.65. The van der Waals surface area contributed by atoms with Gasteiger partial charge >= 0.3 is 5.97 Å². The van der Waals surface area contributed by atoms with Crippen molar-refractivity contribution in [3.05, 3.63) is 29.3 Å². The Balaban J connectivity index is 2.73. The van der Waals surface area contributed by atoms with E-state index in [0.717, 1.165) is 5.56 Å². The number of benzene rings is 1. The number of carboxylic acid groups (broad SMARTS) is 1. The lowest BCUT2D eigenvalue weighted by Gasteiger charge is -2.10. The van der Waals surface area contributed by atoms with Gasteiger partial charge in [-0.05, 0) is 42.5 Å². The quantitative estimate of drug-likeness (QED) is 0.790. The summed E-state index contributed by atoms with van der Waals surface area (Å²) in [7, 11) is 0. The van der Waals surface area contributed by atoms with Gasteiger partial charge in [-0.2, -0.15) is 0 Å². The molecule has 0 amide bonds. The van der Waals surface area contributed by atoms with Crippen LogP contribution in [0.5, 0.6) is 5.75 Å². The summed E-state index contributed by atoms with van der Waals surface area (Å²) in [6.07, 6.45) is -0.911. The lowest BCUT2D eigenvalue weighted by atomic mass is 9.98. The molecule has 0 aliphatic rings. The van der Waals surface area contributed by atoms with Crippen LogP contribution in [0.25, 0.3) is 0 Å². The third-order valence-corrected chi connectivity index (χ3v) is 2.69. The van der Waals surface area contributed by atoms with Crippen LogP contribution in [0.15, 0.2) is 18.2 Å². The summed E-state index contributed by atoms with van der Waals surface area (Å²) in [5.41, 5.74) is 1.42. The van der Waals surface area contributed by atoms with Crippen molar-refractivity contribution < 1.29 is 23.8 Å². The van der Waals surface area contributed by atoms with Crippen LogP contribution in [0.4, 0.5) is 8.78 Å². The van der Waals surface area contributed by atoms with E-state index in [1.165, 1.54) is 12.1 Å². The molecular formula is C13H16F2O3. The van der Waals surface area contributed by atoms with Gasteiger partial charge in [-0.15, -0.1) is 0 Å². The van der Waals surface area contributed by atoms with Crippen molar-refractivity contribution in [3.8, 4) is 5.75 Å². The topological polar surface area (TPSA) is 57.5 Å². The summed E-state index contributed by atoms with van der Waals surface area (Å²) in [6, 6.07) is 4.56. The van der Waals surface area contributed by atoms with E-state index in [0.29, 0.717) is 12.0 Å². The normalized spacial score (nSPS) is 12.3. The highest BCUT2D eigenvalue weighted by atomic mass is 19.2. The van der Waals surface area contributed by atoms with Gasteiger partial charge < -0.3 is 10.2 Å². The number of phenolic OH excluding ortho intramolecular Hbond substituents is 1. The van der Waals surface area contributed by atoms with E-state index in [4.69, 9.17) is 5.11 Å². The number of halogens is 2. The monoisotopic (exact) mass is 258 g/mol. The number of aryl methyl sites for hydroxylation is 2. The molecule has 0 aliphatic heterocycles. The van der Waals surface area contributed by atoms with E-state index in [2.05, 4.69) is 0 Å². The Kier molecular flexibility index (Phi) is 5.55. The fraction of sp³-hybridized carbons (Fsp3) is 0.462. The van der Waals surface area contributed by atoms with Crippen molar-refractivity contribution in [3.63, 3.8) is 0 Å². The zero-order valence-corrected chi connectivity index (χ0v) is 9.90. The maximum absolute atomic E-state index is 12.8. The highest BCUT2D eigenvalue weighted by Gasteiger charge is 2.10. The van der Waals surface area contributed by atoms with Crippen molar-refractivity contribution in [2.75, 3.05) is 6.67 Å². The average molecular weight is 258 g/mol. The molecule has 0 spiro atoms. The lowest BCUT2D eigenvalue weighted by molar-refractivity contribution is -0.136. The summed E-state index contributed by atoms with van der Waals surface area (Å²) in [5, 5.41) is 18.0. The Morgan fingerprint density at radius 3 is 2.61 bits per heavy atom. The van der Waals surface area contributed by atoms with Crippen molar-refractivity contribution in [2.24, 2.45) is 0 Å². The number of rotatable bonds is 7. The summed E-state index contributed by atoms with van der Waals surface area (Å²) < 4.78 is 24.9. The van der Waals surface area contributed by atoms with Crippen LogP contribution < -0.4 is 0 Å². The van der Waals surface area contributed by atoms with Crippen LogP contribution in [-0.4, -0.2) is 29.0 Å². The molecule has 1 atom stereocenters. The Labute approximate surface area is 104 Å². The first kappa shape index (κ1) is 14.4. The van der Waals surface area contributed by atoms with Gasteiger partial charge in [-0.3, -0.25) is 4.79 Å². The number of carboxylic acids is 1. The number of phenols is 1. The zero-order chi connectivity index (χ0) is 13.5. The molecule has 100 valence electrons. The van der Waals surface area contributed by atoms with Crippen LogP contribution >= 0.6 is 0 Å². The first-order valence-electron chi connectivity index (χ1n) is 5.75. The number of alkyl halides is 2. The zero-order valence-electron chi connectivity index (χ0n) is 9.90. The summed E-state index contributed by atoms with van der Waals surface area (Å²) in [4.78, 5) is 10.5. The molecule has 0 heterocycles. The smallest absolute Gasteiger partial charge is 0.303 e. The molecule has 1 aromatic rings. The molecule has 2 N–H and O–H groups in total. The van der Waals surface area contributed by atoms with E-state index in [1.807, 2.05) is 0 Å². The fourth-order valence-electron chi connectivity index (χ4n) is 1.72. The molecule has 0 aromatic heterocycles. The lowest BCUT2D eigenvalue weighted by Crippen LogP contribution is -2.06. The summed E-state index contributed by atoms with van der Waals surface area (Å²) in [6.45, 7) is -1.02. The van der Waals surface area contributed by atoms with Gasteiger partial charge in [0, 0.05) is 6.42 Å². The molecule has 0 saturated heterocycles. The molecule has 0 radical (unpaired) electrons. The maximum atomic E-state index is 12.8. The molecule has 18 heavy (non-hydrogen) atoms. The van der Waals surface area contributed by atoms with Crippen LogP contribution in [0.2, 0.25) is 0 Å². The molecule has 5 heteroatoms. The maximum Gasteiger partial charge on any atom is 0.303 e. The minimum absolute atomic E-state index is 0.0278. The molecule has 0 aliphatic carbocycles. The number of hydrogen-bond donors (Lipinski definition) is 2. The minimum atomic E-state index is -1.51. The van der Waals surface area contributed by atoms with Gasteiger partial charge in [0.2, 0.25) is 0 Å². The Morgan fingerprint density at radius 2 is 2.00 bits per heavy atom. The predicted molar refractivity (Wildman–Crippen MR) is 63.3 cm³/mol. The SMILES string of the molecule is O=C(O)CCc1ccc(O)cc1CCC(F)CF. The first-order valence-corrected chi connectivity index (χ1v) is 5.75. The Morgan fingerprint density at radius 1 is 1.28 bits per heavy atom. The molecule has 0 saturated carbocycles. The molecule has 1 rings (SSSR count). The third kappa shape index (κ3) is 4.69. The van der Waals surface area contributed by atoms with Crippen LogP contribution in [0.1, 0.15) is 24.0 Å². The largest absolute Gasteiger partial charge is 0.508 e. The first-order chi connectivity index (χ1) is 8.52. The standard InChI is InChI=1S/C13H16F2O3/c14-8-11(15)4-1-10-7-12(16)5-2-9(10)3-6-13(17)18/h2,5,7,11,16H,1,3-4,6,8H2,(H,17,18). The van der Waals surface area contributed by atoms with Gasteiger partial charge in [0.05, 0.1) is 0 Å². The molecular weight excluding hydrogens is 242 g/mol. The van der Waals surface area contributed by atoms with Gasteiger partial charge in [-0.25, -0.2) is 8.78 Å². The average Bonchev–Trinajstić information content (AvgIpc) is 2.34. The molecule has 1 unspecified atom stereocenters. The van der Waals surface area contributed by atoms with Crippen LogP contribution in [0, 0.1) is 0 Å². The summed E-state index contributed by atoms with van der Waals surface area (Å²) >= 11 is 0. The van der Waals surface area contributed by atoms with Crippen molar-refractivity contribution in [2.45, 2.75) is 31.9 Å². The van der Waals surface area contributed by atoms with E-state index in [1.54, 1.807) is 6.07 Å². The number of aliphatic carboxylic acids is 1. The Bertz CT molecular complexity index is 407. The predicted octanol–water partition coefficient (Wildman–Crippen LogP) is 2.65. The number of carbonyl (C=O) groups is 1. The van der Waals surface area contributed by atoms with E-state index in [-0.39, 0.29) is 25.0 Å². The minimum Gasteiger partial charge on any atom is -0.508 e. The highest BCUT2D eigenvalue weighted by Crippen LogP contribution is 2.20. The molecule has 0 bridgehead atoms. The highest BCUT2D eigenvalue weighted by molar-refractivity contribution is 5.67. The van der Waals surface area contributed by atoms with E-state index in [9.17, 15) is 18.7 Å². The van der Waals surface area contributed by atoms with E-state index >= 15 is 0 Å². The van der Waals surface area contributed by atoms with Crippen LogP contribution in [-0.2, 0) is 17.6 Å². The van der Waals surface area contributed by atoms with Crippen molar-refractivity contribution in [1.29, 1.82) is 0 Å². The van der Waals surface area contributed by atoms with Crippen LogP contribution in [0.3, 0.4) is 0 Å². The third-order valence-electron chi connectivity index (χ3n) is 2.69. The van der Waals surface area contributed by atoms with Gasteiger partial charge in [0.1, 0.15) is 18.6 Å². The number of hydrogen-bond acceptors (Lipinski definition) is 2.